The minimum absolute atomic E-state index is 0.00744. The van der Waals surface area contributed by atoms with Gasteiger partial charge in [0.05, 0.1) is 6.10 Å². The fourth-order valence-electron chi connectivity index (χ4n) is 1.91. The highest BCUT2D eigenvalue weighted by molar-refractivity contribution is 8.09. The van der Waals surface area contributed by atoms with Crippen molar-refractivity contribution in [3.8, 4) is 0 Å². The average Bonchev–Trinajstić information content (AvgIpc) is 2.17. The Bertz CT molecular complexity index is 296. The molecule has 1 unspecified atom stereocenters. The first-order chi connectivity index (χ1) is 7.33. The lowest BCUT2D eigenvalue weighted by Gasteiger charge is -2.31. The van der Waals surface area contributed by atoms with Crippen LogP contribution >= 0.6 is 6.49 Å². The number of ketones is 1. The van der Waals surface area contributed by atoms with E-state index in [2.05, 4.69) is 0 Å². The maximum atomic E-state index is 11.2. The molecule has 1 rings (SSSR count). The van der Waals surface area contributed by atoms with Crippen molar-refractivity contribution in [2.24, 2.45) is 5.92 Å². The SMILES string of the molecule is CC(=O)C1CCC(OP(O)(=S)C(C)C)CC1. The van der Waals surface area contributed by atoms with E-state index < -0.39 is 6.49 Å². The highest BCUT2D eigenvalue weighted by Crippen LogP contribution is 2.50. The Morgan fingerprint density at radius 2 is 1.88 bits per heavy atom. The Kier molecular flexibility index (Phi) is 5.11. The quantitative estimate of drug-likeness (QED) is 0.793. The van der Waals surface area contributed by atoms with Gasteiger partial charge in [0, 0.05) is 11.6 Å². The summed E-state index contributed by atoms with van der Waals surface area (Å²) in [4.78, 5) is 21.2. The van der Waals surface area contributed by atoms with E-state index in [1.165, 1.54) is 0 Å². The van der Waals surface area contributed by atoms with Gasteiger partial charge < -0.3 is 9.42 Å². The van der Waals surface area contributed by atoms with Crippen molar-refractivity contribution in [1.29, 1.82) is 0 Å². The van der Waals surface area contributed by atoms with Crippen molar-refractivity contribution < 1.29 is 14.2 Å². The van der Waals surface area contributed by atoms with Gasteiger partial charge in [0.1, 0.15) is 5.78 Å². The van der Waals surface area contributed by atoms with Gasteiger partial charge in [0.2, 0.25) is 0 Å². The van der Waals surface area contributed by atoms with Gasteiger partial charge >= 0.3 is 0 Å². The molecule has 0 bridgehead atoms. The predicted molar refractivity (Wildman–Crippen MR) is 69.2 cm³/mol. The number of carbonyl (C=O) groups is 1. The zero-order valence-electron chi connectivity index (χ0n) is 10.2. The van der Waals surface area contributed by atoms with Crippen LogP contribution in [0, 0.1) is 5.92 Å². The zero-order chi connectivity index (χ0) is 12.3. The molecular formula is C11H21O3PS. The predicted octanol–water partition coefficient (Wildman–Crippen LogP) is 2.86. The van der Waals surface area contributed by atoms with Crippen LogP contribution in [0.4, 0.5) is 0 Å². The summed E-state index contributed by atoms with van der Waals surface area (Å²) in [5, 5.41) is 0. The first-order valence-corrected chi connectivity index (χ1v) is 8.58. The van der Waals surface area contributed by atoms with E-state index in [0.717, 1.165) is 25.7 Å². The maximum absolute atomic E-state index is 11.2. The van der Waals surface area contributed by atoms with E-state index in [0.29, 0.717) is 0 Å². The van der Waals surface area contributed by atoms with Gasteiger partial charge in [-0.3, -0.25) is 4.79 Å². The van der Waals surface area contributed by atoms with Crippen LogP contribution in [0.3, 0.4) is 0 Å². The second-order valence-electron chi connectivity index (χ2n) is 4.85. The van der Waals surface area contributed by atoms with Crippen LogP contribution in [0.2, 0.25) is 0 Å². The fraction of sp³-hybridized carbons (Fsp3) is 0.909. The van der Waals surface area contributed by atoms with E-state index >= 15 is 0 Å². The van der Waals surface area contributed by atoms with Gasteiger partial charge in [-0.05, 0) is 44.4 Å². The highest BCUT2D eigenvalue weighted by atomic mass is 32.5. The molecule has 3 nitrogen and oxygen atoms in total. The van der Waals surface area contributed by atoms with E-state index in [-0.39, 0.29) is 23.5 Å². The van der Waals surface area contributed by atoms with Crippen LogP contribution in [0.15, 0.2) is 0 Å². The molecule has 0 aromatic rings. The molecule has 0 aliphatic heterocycles. The van der Waals surface area contributed by atoms with Gasteiger partial charge in [-0.15, -0.1) is 0 Å². The topological polar surface area (TPSA) is 46.5 Å². The van der Waals surface area contributed by atoms with Crippen molar-refractivity contribution in [1.82, 2.24) is 0 Å². The van der Waals surface area contributed by atoms with Gasteiger partial charge in [-0.25, -0.2) is 0 Å². The molecule has 0 amide bonds. The normalized spacial score (nSPS) is 30.1. The van der Waals surface area contributed by atoms with Gasteiger partial charge in [-0.2, -0.15) is 0 Å². The summed E-state index contributed by atoms with van der Waals surface area (Å²) in [5.74, 6) is 0.459. The van der Waals surface area contributed by atoms with Crippen LogP contribution in [-0.4, -0.2) is 22.4 Å². The Labute approximate surface area is 103 Å². The smallest absolute Gasteiger partial charge is 0.188 e. The molecule has 1 fully saturated rings. The lowest BCUT2D eigenvalue weighted by atomic mass is 9.85. The van der Waals surface area contributed by atoms with Crippen molar-refractivity contribution in [3.63, 3.8) is 0 Å². The van der Waals surface area contributed by atoms with Crippen LogP contribution in [-0.2, 0) is 21.1 Å². The molecule has 0 heterocycles. The summed E-state index contributed by atoms with van der Waals surface area (Å²) in [6, 6.07) is 0. The third-order valence-corrected chi connectivity index (χ3v) is 6.63. The first kappa shape index (κ1) is 14.3. The lowest BCUT2D eigenvalue weighted by Crippen LogP contribution is -2.25. The molecule has 0 saturated heterocycles. The molecule has 0 aromatic carbocycles. The van der Waals surface area contributed by atoms with Crippen molar-refractivity contribution >= 4 is 24.1 Å². The number of Topliss-reactive ketones (excluding diaryl/α,β-unsaturated/α-hetero) is 1. The summed E-state index contributed by atoms with van der Waals surface area (Å²) < 4.78 is 5.64. The molecular weight excluding hydrogens is 243 g/mol. The van der Waals surface area contributed by atoms with Gasteiger partial charge in [-0.1, -0.05) is 13.8 Å². The number of rotatable bonds is 4. The molecule has 0 spiro atoms. The second kappa shape index (κ2) is 5.72. The van der Waals surface area contributed by atoms with Crippen molar-refractivity contribution in [2.75, 3.05) is 0 Å². The van der Waals surface area contributed by atoms with E-state index in [1.54, 1.807) is 6.92 Å². The molecule has 1 atom stereocenters. The molecule has 94 valence electrons. The molecule has 16 heavy (non-hydrogen) atoms. The molecule has 1 aliphatic rings. The Morgan fingerprint density at radius 3 is 2.25 bits per heavy atom. The zero-order valence-corrected chi connectivity index (χ0v) is 11.9. The summed E-state index contributed by atoms with van der Waals surface area (Å²) >= 11 is 5.11. The summed E-state index contributed by atoms with van der Waals surface area (Å²) in [5.41, 5.74) is 0.00744. The highest BCUT2D eigenvalue weighted by Gasteiger charge is 2.29. The standard InChI is InChI=1S/C11H21O3PS/c1-8(2)15(13,16)14-11-6-4-10(5-7-11)9(3)12/h8,10-11H,4-7H2,1-3H3,(H,13,16). The monoisotopic (exact) mass is 264 g/mol. The first-order valence-electron chi connectivity index (χ1n) is 5.84. The molecule has 0 aromatic heterocycles. The number of carbonyl (C=O) groups excluding carboxylic acids is 1. The third kappa shape index (κ3) is 3.92. The van der Waals surface area contributed by atoms with Crippen molar-refractivity contribution in [2.45, 2.75) is 58.2 Å². The minimum Gasteiger partial charge on any atom is -0.345 e. The Balaban J connectivity index is 2.44. The van der Waals surface area contributed by atoms with Crippen LogP contribution in [0.5, 0.6) is 0 Å². The maximum Gasteiger partial charge on any atom is 0.188 e. The molecule has 0 radical (unpaired) electrons. The van der Waals surface area contributed by atoms with E-state index in [1.807, 2.05) is 13.8 Å². The van der Waals surface area contributed by atoms with Crippen molar-refractivity contribution in [3.05, 3.63) is 0 Å². The minimum atomic E-state index is -2.63. The van der Waals surface area contributed by atoms with Crippen LogP contribution in [0.1, 0.15) is 46.5 Å². The van der Waals surface area contributed by atoms with Crippen LogP contribution in [0.25, 0.3) is 0 Å². The molecule has 1 aliphatic carbocycles. The largest absolute Gasteiger partial charge is 0.345 e. The molecule has 1 N–H and O–H groups in total. The number of hydrogen-bond acceptors (Lipinski definition) is 3. The summed E-state index contributed by atoms with van der Waals surface area (Å²) in [7, 11) is 0. The Hall–Kier alpha value is 0.240. The third-order valence-electron chi connectivity index (χ3n) is 3.20. The molecule has 5 heteroatoms. The Morgan fingerprint density at radius 1 is 1.38 bits per heavy atom. The number of hydrogen-bond donors (Lipinski definition) is 1. The van der Waals surface area contributed by atoms with E-state index in [4.69, 9.17) is 16.3 Å². The molecule has 1 saturated carbocycles. The second-order valence-corrected chi connectivity index (χ2v) is 8.79. The summed E-state index contributed by atoms with van der Waals surface area (Å²) in [6.45, 7) is 2.80. The van der Waals surface area contributed by atoms with Gasteiger partial charge in [0.15, 0.2) is 6.49 Å². The fourth-order valence-corrected chi connectivity index (χ4v) is 3.16. The van der Waals surface area contributed by atoms with E-state index in [9.17, 15) is 9.69 Å². The van der Waals surface area contributed by atoms with Gasteiger partial charge in [0.25, 0.3) is 0 Å². The summed E-state index contributed by atoms with van der Waals surface area (Å²) in [6.07, 6.45) is 3.47. The average molecular weight is 264 g/mol. The van der Waals surface area contributed by atoms with Crippen LogP contribution < -0.4 is 0 Å². The lowest BCUT2D eigenvalue weighted by molar-refractivity contribution is -0.122.